The number of benzene rings is 1. The monoisotopic (exact) mass is 373 g/mol. The van der Waals surface area contributed by atoms with Crippen LogP contribution in [0.3, 0.4) is 0 Å². The highest BCUT2D eigenvalue weighted by Gasteiger charge is 2.09. The minimum absolute atomic E-state index is 0.110. The van der Waals surface area contributed by atoms with Gasteiger partial charge in [-0.2, -0.15) is 4.52 Å². The Morgan fingerprint density at radius 3 is 2.71 bits per heavy atom. The highest BCUT2D eigenvalue weighted by molar-refractivity contribution is 5.94. The van der Waals surface area contributed by atoms with Crippen LogP contribution in [0, 0.1) is 0 Å². The molecule has 0 saturated heterocycles. The number of nitrogens with one attached hydrogen (secondary N) is 2. The van der Waals surface area contributed by atoms with Gasteiger partial charge in [0.25, 0.3) is 5.91 Å². The van der Waals surface area contributed by atoms with Crippen LogP contribution in [0.15, 0.2) is 67.0 Å². The first-order valence-electron chi connectivity index (χ1n) is 8.97. The molecule has 0 unspecified atom stereocenters. The number of hydrogen-bond acceptors (Lipinski definition) is 6. The summed E-state index contributed by atoms with van der Waals surface area (Å²) in [6, 6.07) is 16.7. The topological polar surface area (TPSA) is 97.1 Å². The smallest absolute Gasteiger partial charge is 0.251 e. The van der Waals surface area contributed by atoms with E-state index in [-0.39, 0.29) is 5.91 Å². The maximum Gasteiger partial charge on any atom is 0.251 e. The maximum atomic E-state index is 12.1. The number of amides is 1. The number of carbonyl (C=O) groups is 1. The first-order valence-corrected chi connectivity index (χ1v) is 8.97. The Bertz CT molecular complexity index is 1060. The number of hydrogen-bond donors (Lipinski definition) is 2. The second-order valence-corrected chi connectivity index (χ2v) is 6.19. The average molecular weight is 373 g/mol. The molecule has 1 amide bonds. The summed E-state index contributed by atoms with van der Waals surface area (Å²) in [6.45, 7) is 1.07. The molecule has 0 saturated carbocycles. The van der Waals surface area contributed by atoms with E-state index in [1.165, 1.54) is 0 Å². The predicted molar refractivity (Wildman–Crippen MR) is 105 cm³/mol. The van der Waals surface area contributed by atoms with Gasteiger partial charge < -0.3 is 10.6 Å². The van der Waals surface area contributed by atoms with Crippen LogP contribution in [0.1, 0.15) is 21.7 Å². The molecular formula is C20H19N7O. The van der Waals surface area contributed by atoms with Crippen molar-refractivity contribution in [3.05, 3.63) is 83.9 Å². The third-order valence-electron chi connectivity index (χ3n) is 4.19. The summed E-state index contributed by atoms with van der Waals surface area (Å²) in [5.41, 5.74) is 2.36. The molecule has 0 radical (unpaired) electrons. The number of nitrogens with zero attached hydrogens (tertiary/aromatic N) is 5. The van der Waals surface area contributed by atoms with Crippen LogP contribution >= 0.6 is 0 Å². The Morgan fingerprint density at radius 2 is 1.89 bits per heavy atom. The second-order valence-electron chi connectivity index (χ2n) is 6.19. The van der Waals surface area contributed by atoms with Crippen LogP contribution in [0.4, 0.5) is 5.82 Å². The van der Waals surface area contributed by atoms with Crippen LogP contribution in [0.2, 0.25) is 0 Å². The molecule has 0 atom stereocenters. The third kappa shape index (κ3) is 4.12. The normalized spacial score (nSPS) is 10.7. The Hall–Kier alpha value is -3.81. The summed E-state index contributed by atoms with van der Waals surface area (Å²) >= 11 is 0. The van der Waals surface area contributed by atoms with Gasteiger partial charge in [0, 0.05) is 37.5 Å². The van der Waals surface area contributed by atoms with Crippen LogP contribution in [0.25, 0.3) is 5.65 Å². The van der Waals surface area contributed by atoms with E-state index < -0.39 is 0 Å². The molecule has 140 valence electrons. The molecule has 0 spiro atoms. The van der Waals surface area contributed by atoms with Crippen LogP contribution in [-0.2, 0) is 13.0 Å². The van der Waals surface area contributed by atoms with Crippen LogP contribution in [-0.4, -0.2) is 37.2 Å². The summed E-state index contributed by atoms with van der Waals surface area (Å²) < 4.78 is 1.69. The fraction of sp³-hybridized carbons (Fsp3) is 0.150. The number of pyridine rings is 1. The molecule has 0 aliphatic heterocycles. The Kier molecular flexibility index (Phi) is 5.19. The number of aromatic nitrogens is 5. The fourth-order valence-electron chi connectivity index (χ4n) is 2.76. The van der Waals surface area contributed by atoms with Crippen molar-refractivity contribution in [2.45, 2.75) is 13.0 Å². The zero-order chi connectivity index (χ0) is 19.2. The van der Waals surface area contributed by atoms with E-state index in [2.05, 4.69) is 30.9 Å². The van der Waals surface area contributed by atoms with Crippen molar-refractivity contribution < 1.29 is 4.79 Å². The molecule has 0 bridgehead atoms. The third-order valence-corrected chi connectivity index (χ3v) is 4.19. The summed E-state index contributed by atoms with van der Waals surface area (Å²) in [5.74, 6) is 1.29. The van der Waals surface area contributed by atoms with E-state index in [0.29, 0.717) is 42.4 Å². The van der Waals surface area contributed by atoms with Gasteiger partial charge in [0.2, 0.25) is 0 Å². The Labute approximate surface area is 161 Å². The lowest BCUT2D eigenvalue weighted by Gasteiger charge is -2.07. The van der Waals surface area contributed by atoms with Gasteiger partial charge in [0.1, 0.15) is 5.82 Å². The molecule has 0 fully saturated rings. The van der Waals surface area contributed by atoms with Gasteiger partial charge in [-0.05, 0) is 35.9 Å². The molecule has 4 rings (SSSR count). The van der Waals surface area contributed by atoms with Crippen LogP contribution in [0.5, 0.6) is 0 Å². The van der Waals surface area contributed by atoms with E-state index in [9.17, 15) is 4.79 Å². The van der Waals surface area contributed by atoms with Crippen LogP contribution < -0.4 is 10.6 Å². The predicted octanol–water partition coefficient (Wildman–Crippen LogP) is 2.10. The fourth-order valence-corrected chi connectivity index (χ4v) is 2.76. The summed E-state index contributed by atoms with van der Waals surface area (Å²) in [5, 5.41) is 19.0. The molecule has 3 aromatic heterocycles. The average Bonchev–Trinajstić information content (AvgIpc) is 3.16. The van der Waals surface area contributed by atoms with Crippen molar-refractivity contribution in [3.8, 4) is 0 Å². The summed E-state index contributed by atoms with van der Waals surface area (Å²) in [4.78, 5) is 16.2. The van der Waals surface area contributed by atoms with Gasteiger partial charge in [-0.25, -0.2) is 0 Å². The number of fused-ring (bicyclic) bond motifs is 1. The first-order chi connectivity index (χ1) is 13.8. The van der Waals surface area contributed by atoms with Crippen molar-refractivity contribution in [1.29, 1.82) is 0 Å². The molecule has 3 heterocycles. The van der Waals surface area contributed by atoms with Crippen molar-refractivity contribution in [2.75, 3.05) is 11.9 Å². The standard InChI is InChI=1S/C20H19N7O/c28-20(16-6-2-1-3-7-16)22-12-10-19-25-24-18-9-8-17(26-27(18)19)23-14-15-5-4-11-21-13-15/h1-9,11,13H,10,12,14H2,(H,22,28)(H,23,26). The molecule has 2 N–H and O–H groups in total. The number of rotatable bonds is 7. The Balaban J connectivity index is 1.39. The molecular weight excluding hydrogens is 354 g/mol. The minimum Gasteiger partial charge on any atom is -0.364 e. The molecule has 0 aliphatic rings. The number of anilines is 1. The summed E-state index contributed by atoms with van der Waals surface area (Å²) in [7, 11) is 0. The maximum absolute atomic E-state index is 12.1. The lowest BCUT2D eigenvalue weighted by molar-refractivity contribution is 0.0954. The van der Waals surface area contributed by atoms with Gasteiger partial charge in [0.05, 0.1) is 0 Å². The van der Waals surface area contributed by atoms with Gasteiger partial charge >= 0.3 is 0 Å². The zero-order valence-corrected chi connectivity index (χ0v) is 15.1. The largest absolute Gasteiger partial charge is 0.364 e. The highest BCUT2D eigenvalue weighted by Crippen LogP contribution is 2.09. The second kappa shape index (κ2) is 8.26. The molecule has 28 heavy (non-hydrogen) atoms. The highest BCUT2D eigenvalue weighted by atomic mass is 16.1. The van der Waals surface area contributed by atoms with Gasteiger partial charge in [0.15, 0.2) is 11.5 Å². The summed E-state index contributed by atoms with van der Waals surface area (Å²) in [6.07, 6.45) is 4.08. The lowest BCUT2D eigenvalue weighted by Crippen LogP contribution is -2.26. The van der Waals surface area contributed by atoms with Crippen molar-refractivity contribution in [2.24, 2.45) is 0 Å². The van der Waals surface area contributed by atoms with Crippen molar-refractivity contribution >= 4 is 17.4 Å². The minimum atomic E-state index is -0.110. The van der Waals surface area contributed by atoms with E-state index >= 15 is 0 Å². The lowest BCUT2D eigenvalue weighted by atomic mass is 10.2. The molecule has 8 heteroatoms. The molecule has 4 aromatic rings. The molecule has 1 aromatic carbocycles. The first kappa shape index (κ1) is 17.6. The SMILES string of the molecule is O=C(NCCc1nnc2ccc(NCc3cccnc3)nn12)c1ccccc1. The van der Waals surface area contributed by atoms with Gasteiger partial charge in [-0.3, -0.25) is 9.78 Å². The van der Waals surface area contributed by atoms with E-state index in [0.717, 1.165) is 5.56 Å². The van der Waals surface area contributed by atoms with Crippen molar-refractivity contribution in [3.63, 3.8) is 0 Å². The van der Waals surface area contributed by atoms with E-state index in [1.807, 2.05) is 48.7 Å². The number of carbonyl (C=O) groups excluding carboxylic acids is 1. The van der Waals surface area contributed by atoms with E-state index in [1.54, 1.807) is 22.8 Å². The molecule has 0 aliphatic carbocycles. The Morgan fingerprint density at radius 1 is 1.00 bits per heavy atom. The zero-order valence-electron chi connectivity index (χ0n) is 15.1. The van der Waals surface area contributed by atoms with Gasteiger partial charge in [-0.15, -0.1) is 15.3 Å². The van der Waals surface area contributed by atoms with E-state index in [4.69, 9.17) is 0 Å². The molecule has 8 nitrogen and oxygen atoms in total. The quantitative estimate of drug-likeness (QED) is 0.515. The van der Waals surface area contributed by atoms with Gasteiger partial charge in [-0.1, -0.05) is 24.3 Å². The van der Waals surface area contributed by atoms with Crippen molar-refractivity contribution in [1.82, 2.24) is 30.1 Å².